The van der Waals surface area contributed by atoms with Gasteiger partial charge in [0.25, 0.3) is 0 Å². The lowest BCUT2D eigenvalue weighted by Gasteiger charge is -2.56. The lowest BCUT2D eigenvalue weighted by atomic mass is 9.50. The molecule has 0 aromatic heterocycles. The Balaban J connectivity index is 1.89. The summed E-state index contributed by atoms with van der Waals surface area (Å²) in [7, 11) is 0. The minimum absolute atomic E-state index is 0.0405. The summed E-state index contributed by atoms with van der Waals surface area (Å²) >= 11 is 0. The fourth-order valence-corrected chi connectivity index (χ4v) is 6.43. The van der Waals surface area contributed by atoms with Gasteiger partial charge in [0.2, 0.25) is 0 Å². The van der Waals surface area contributed by atoms with Gasteiger partial charge < -0.3 is 14.9 Å². The van der Waals surface area contributed by atoms with Crippen molar-refractivity contribution < 1.29 is 19.7 Å². The highest BCUT2D eigenvalue weighted by atomic mass is 16.5. The van der Waals surface area contributed by atoms with E-state index in [0.29, 0.717) is 35.8 Å². The third-order valence-corrected chi connectivity index (χ3v) is 8.11. The van der Waals surface area contributed by atoms with Crippen molar-refractivity contribution in [1.82, 2.24) is 0 Å². The summed E-state index contributed by atoms with van der Waals surface area (Å²) in [5.41, 5.74) is -0.661. The van der Waals surface area contributed by atoms with Crippen LogP contribution < -0.4 is 0 Å². The first-order chi connectivity index (χ1) is 13.6. The highest BCUT2D eigenvalue weighted by molar-refractivity contribution is 5.89. The smallest absolute Gasteiger partial charge is 0.338 e. The highest BCUT2D eigenvalue weighted by Crippen LogP contribution is 2.55. The van der Waals surface area contributed by atoms with Gasteiger partial charge in [-0.05, 0) is 67.9 Å². The summed E-state index contributed by atoms with van der Waals surface area (Å²) in [6, 6.07) is 9.08. The van der Waals surface area contributed by atoms with E-state index in [1.807, 2.05) is 18.2 Å². The first-order valence-electron chi connectivity index (χ1n) is 11.3. The van der Waals surface area contributed by atoms with Crippen LogP contribution in [0.25, 0.3) is 0 Å². The number of benzene rings is 1. The Kier molecular flexibility index (Phi) is 6.74. The summed E-state index contributed by atoms with van der Waals surface area (Å²) in [6.45, 7) is 10.6. The number of hydrogen-bond acceptors (Lipinski definition) is 4. The molecular formula is C25H38O4. The molecule has 2 aliphatic rings. The van der Waals surface area contributed by atoms with Gasteiger partial charge in [0, 0.05) is 5.92 Å². The van der Waals surface area contributed by atoms with Gasteiger partial charge in [-0.25, -0.2) is 4.79 Å². The Morgan fingerprint density at radius 3 is 2.38 bits per heavy atom. The lowest BCUT2D eigenvalue weighted by Crippen LogP contribution is -2.58. The number of esters is 1. The fraction of sp³-hybridized carbons (Fsp3) is 0.720. The Morgan fingerprint density at radius 2 is 1.76 bits per heavy atom. The molecule has 4 heteroatoms. The molecule has 1 aromatic rings. The van der Waals surface area contributed by atoms with Crippen molar-refractivity contribution >= 4 is 5.97 Å². The van der Waals surface area contributed by atoms with Crippen molar-refractivity contribution in [3.63, 3.8) is 0 Å². The molecule has 2 unspecified atom stereocenters. The lowest BCUT2D eigenvalue weighted by molar-refractivity contribution is -0.173. The summed E-state index contributed by atoms with van der Waals surface area (Å²) < 4.78 is 5.82. The fourth-order valence-electron chi connectivity index (χ4n) is 6.43. The average Bonchev–Trinajstić information content (AvgIpc) is 2.68. The number of fused-ring (bicyclic) bond motifs is 1. The second-order valence-corrected chi connectivity index (χ2v) is 10.0. The maximum atomic E-state index is 12.6. The molecule has 0 amide bonds. The van der Waals surface area contributed by atoms with E-state index in [1.165, 1.54) is 12.8 Å². The van der Waals surface area contributed by atoms with Crippen LogP contribution in [0.2, 0.25) is 0 Å². The van der Waals surface area contributed by atoms with Gasteiger partial charge in [0.1, 0.15) is 0 Å². The van der Waals surface area contributed by atoms with Gasteiger partial charge in [-0.1, -0.05) is 51.8 Å². The van der Waals surface area contributed by atoms with Gasteiger partial charge in [-0.2, -0.15) is 0 Å². The second-order valence-electron chi connectivity index (χ2n) is 10.0. The molecule has 29 heavy (non-hydrogen) atoms. The first-order valence-corrected chi connectivity index (χ1v) is 11.3. The molecule has 0 aliphatic heterocycles. The van der Waals surface area contributed by atoms with E-state index in [0.717, 1.165) is 6.42 Å². The van der Waals surface area contributed by atoms with Crippen molar-refractivity contribution in [2.45, 2.75) is 65.6 Å². The number of ether oxygens (including phenoxy) is 1. The van der Waals surface area contributed by atoms with Crippen LogP contribution in [0.5, 0.6) is 0 Å². The number of carbonyl (C=O) groups excluding carboxylic acids is 1. The number of aliphatic hydroxyl groups excluding tert-OH is 1. The van der Waals surface area contributed by atoms with Crippen LogP contribution >= 0.6 is 0 Å². The molecule has 2 saturated carbocycles. The normalized spacial score (nSPS) is 37.8. The summed E-state index contributed by atoms with van der Waals surface area (Å²) in [4.78, 5) is 12.6. The van der Waals surface area contributed by atoms with E-state index in [2.05, 4.69) is 20.8 Å². The molecule has 2 fully saturated rings. The molecule has 0 heterocycles. The molecule has 2 N–H and O–H groups in total. The van der Waals surface area contributed by atoms with Crippen LogP contribution in [-0.2, 0) is 4.74 Å². The molecule has 4 nitrogen and oxygen atoms in total. The molecule has 0 radical (unpaired) electrons. The molecule has 0 saturated heterocycles. The SMILES string of the molecule is CC(O)[C@@](C)(O)C1[C@@H](COC(=O)c2ccccc2)[C@H]2[C@@H](C[C@@H]1C)[C@@H](C)CC[C@@H]2C. The Hall–Kier alpha value is -1.39. The van der Waals surface area contributed by atoms with E-state index in [1.54, 1.807) is 26.0 Å². The van der Waals surface area contributed by atoms with E-state index >= 15 is 0 Å². The zero-order chi connectivity index (χ0) is 21.3. The Labute approximate surface area is 175 Å². The van der Waals surface area contributed by atoms with Gasteiger partial charge >= 0.3 is 5.97 Å². The molecule has 0 spiro atoms. The Morgan fingerprint density at radius 1 is 1.14 bits per heavy atom. The largest absolute Gasteiger partial charge is 0.462 e. The Bertz CT molecular complexity index is 683. The van der Waals surface area contributed by atoms with Crippen LogP contribution in [0.1, 0.15) is 64.2 Å². The van der Waals surface area contributed by atoms with Crippen molar-refractivity contribution in [2.24, 2.45) is 41.4 Å². The van der Waals surface area contributed by atoms with Gasteiger partial charge in [-0.15, -0.1) is 0 Å². The monoisotopic (exact) mass is 402 g/mol. The van der Waals surface area contributed by atoms with Crippen molar-refractivity contribution in [3.8, 4) is 0 Å². The molecular weight excluding hydrogens is 364 g/mol. The van der Waals surface area contributed by atoms with Crippen LogP contribution in [0.3, 0.4) is 0 Å². The first kappa shape index (κ1) is 22.3. The van der Waals surface area contributed by atoms with Gasteiger partial charge in [-0.3, -0.25) is 0 Å². The highest BCUT2D eigenvalue weighted by Gasteiger charge is 2.54. The zero-order valence-electron chi connectivity index (χ0n) is 18.5. The van der Waals surface area contributed by atoms with Crippen LogP contribution in [0.4, 0.5) is 0 Å². The minimum atomic E-state index is -1.21. The van der Waals surface area contributed by atoms with E-state index in [4.69, 9.17) is 4.74 Å². The number of aliphatic hydroxyl groups is 2. The quantitative estimate of drug-likeness (QED) is 0.709. The van der Waals surface area contributed by atoms with Crippen molar-refractivity contribution in [3.05, 3.63) is 35.9 Å². The van der Waals surface area contributed by atoms with E-state index in [-0.39, 0.29) is 23.7 Å². The molecule has 0 bridgehead atoms. The van der Waals surface area contributed by atoms with Crippen molar-refractivity contribution in [2.75, 3.05) is 6.61 Å². The van der Waals surface area contributed by atoms with Crippen LogP contribution in [0.15, 0.2) is 30.3 Å². The number of rotatable bonds is 5. The predicted octanol–water partition coefficient (Wildman–Crippen LogP) is 4.55. The standard InChI is InChI=1S/C25H38O4/c1-15-11-12-16(2)22-20(15)13-17(3)23(25(5,28)18(4)26)21(22)14-29-24(27)19-9-7-6-8-10-19/h6-10,15-18,20-23,26,28H,11-14H2,1-5H3/t15-,16-,17-,18?,20-,21-,22+,23?,25+/m0/s1. The average molecular weight is 403 g/mol. The van der Waals surface area contributed by atoms with Crippen LogP contribution in [0, 0.1) is 41.4 Å². The second kappa shape index (κ2) is 8.77. The topological polar surface area (TPSA) is 66.8 Å². The maximum Gasteiger partial charge on any atom is 0.338 e. The molecule has 9 atom stereocenters. The molecule has 162 valence electrons. The minimum Gasteiger partial charge on any atom is -0.462 e. The predicted molar refractivity (Wildman–Crippen MR) is 114 cm³/mol. The summed E-state index contributed by atoms with van der Waals surface area (Å²) in [6.07, 6.45) is 2.63. The van der Waals surface area contributed by atoms with Crippen LogP contribution in [-0.4, -0.2) is 34.5 Å². The van der Waals surface area contributed by atoms with Crippen molar-refractivity contribution in [1.29, 1.82) is 0 Å². The number of hydrogen-bond donors (Lipinski definition) is 2. The molecule has 2 aliphatic carbocycles. The van der Waals surface area contributed by atoms with E-state index < -0.39 is 11.7 Å². The summed E-state index contributed by atoms with van der Waals surface area (Å²) in [5, 5.41) is 21.7. The summed E-state index contributed by atoms with van der Waals surface area (Å²) in [5.74, 6) is 2.02. The van der Waals surface area contributed by atoms with Gasteiger partial charge in [0.15, 0.2) is 0 Å². The zero-order valence-corrected chi connectivity index (χ0v) is 18.5. The van der Waals surface area contributed by atoms with E-state index in [9.17, 15) is 15.0 Å². The number of carbonyl (C=O) groups is 1. The molecule has 3 rings (SSSR count). The van der Waals surface area contributed by atoms with Gasteiger partial charge in [0.05, 0.1) is 23.9 Å². The maximum absolute atomic E-state index is 12.6. The third-order valence-electron chi connectivity index (χ3n) is 8.11. The molecule has 1 aromatic carbocycles. The third kappa shape index (κ3) is 4.39.